The highest BCUT2D eigenvalue weighted by molar-refractivity contribution is 5.46. The lowest BCUT2D eigenvalue weighted by Crippen LogP contribution is -2.43. The number of hydrogen-bond donors (Lipinski definition) is 2. The fraction of sp³-hybridized carbons (Fsp3) is 0.600. The van der Waals surface area contributed by atoms with E-state index in [4.69, 9.17) is 4.74 Å². The highest BCUT2D eigenvalue weighted by Gasteiger charge is 2.16. The topological polar surface area (TPSA) is 33.3 Å². The van der Waals surface area contributed by atoms with Crippen LogP contribution in [0.2, 0.25) is 0 Å². The third-order valence-corrected chi connectivity index (χ3v) is 3.38. The molecule has 0 aliphatic carbocycles. The van der Waals surface area contributed by atoms with Crippen LogP contribution in [0, 0.1) is 0 Å². The fourth-order valence-corrected chi connectivity index (χ4v) is 2.42. The van der Waals surface area contributed by atoms with Crippen LogP contribution in [0.5, 0.6) is 0 Å². The van der Waals surface area contributed by atoms with Crippen LogP contribution >= 0.6 is 0 Å². The Hall–Kier alpha value is -1.06. The van der Waals surface area contributed by atoms with Gasteiger partial charge in [0.25, 0.3) is 0 Å². The first-order valence-corrected chi connectivity index (χ1v) is 6.94. The van der Waals surface area contributed by atoms with Crippen LogP contribution in [-0.4, -0.2) is 31.8 Å². The molecule has 1 aliphatic heterocycles. The summed E-state index contributed by atoms with van der Waals surface area (Å²) in [6.45, 7) is 7.07. The summed E-state index contributed by atoms with van der Waals surface area (Å²) in [6, 6.07) is 9.61. The normalized spacial score (nSPS) is 21.6. The van der Waals surface area contributed by atoms with E-state index in [1.807, 2.05) is 0 Å². The van der Waals surface area contributed by atoms with Gasteiger partial charge in [0.1, 0.15) is 0 Å². The first-order chi connectivity index (χ1) is 8.78. The Morgan fingerprint density at radius 3 is 3.11 bits per heavy atom. The number of rotatable bonds is 5. The van der Waals surface area contributed by atoms with Crippen molar-refractivity contribution in [3.8, 4) is 0 Å². The zero-order chi connectivity index (χ0) is 12.8. The molecule has 0 aromatic heterocycles. The lowest BCUT2D eigenvalue weighted by Gasteiger charge is -2.27. The van der Waals surface area contributed by atoms with Crippen molar-refractivity contribution in [1.82, 2.24) is 5.32 Å². The second-order valence-corrected chi connectivity index (χ2v) is 5.06. The summed E-state index contributed by atoms with van der Waals surface area (Å²) < 4.78 is 5.48. The molecule has 0 radical (unpaired) electrons. The third-order valence-electron chi connectivity index (χ3n) is 3.38. The molecule has 2 N–H and O–H groups in total. The van der Waals surface area contributed by atoms with Gasteiger partial charge in [-0.1, -0.05) is 19.1 Å². The maximum absolute atomic E-state index is 5.48. The Morgan fingerprint density at radius 2 is 2.39 bits per heavy atom. The maximum Gasteiger partial charge on any atom is 0.0621 e. The van der Waals surface area contributed by atoms with Gasteiger partial charge in [-0.15, -0.1) is 0 Å². The van der Waals surface area contributed by atoms with Gasteiger partial charge in [0.05, 0.1) is 13.2 Å². The van der Waals surface area contributed by atoms with Gasteiger partial charge in [-0.2, -0.15) is 0 Å². The van der Waals surface area contributed by atoms with E-state index in [9.17, 15) is 0 Å². The Bertz CT molecular complexity index is 361. The Balaban J connectivity index is 1.83. The van der Waals surface area contributed by atoms with E-state index in [0.29, 0.717) is 12.1 Å². The molecule has 1 saturated heterocycles. The molecule has 3 heteroatoms. The Labute approximate surface area is 110 Å². The molecule has 1 fully saturated rings. The molecule has 1 aromatic carbocycles. The monoisotopic (exact) mass is 248 g/mol. The molecule has 100 valence electrons. The number of anilines is 1. The SMILES string of the molecule is CCc1cccc(NC(C)CC2COCCN2)c1. The predicted octanol–water partition coefficient (Wildman–Crippen LogP) is 2.43. The standard InChI is InChI=1S/C15H24N2O/c1-3-13-5-4-6-14(10-13)17-12(2)9-15-11-18-8-7-16-15/h4-6,10,12,15-17H,3,7-9,11H2,1-2H3. The van der Waals surface area contributed by atoms with Crippen LogP contribution in [0.25, 0.3) is 0 Å². The van der Waals surface area contributed by atoms with Crippen molar-refractivity contribution in [2.75, 3.05) is 25.1 Å². The van der Waals surface area contributed by atoms with Gasteiger partial charge < -0.3 is 15.4 Å². The van der Waals surface area contributed by atoms with Gasteiger partial charge in [-0.25, -0.2) is 0 Å². The van der Waals surface area contributed by atoms with Crippen molar-refractivity contribution in [3.63, 3.8) is 0 Å². The Kier molecular flexibility index (Phi) is 5.02. The molecule has 2 rings (SSSR count). The fourth-order valence-electron chi connectivity index (χ4n) is 2.42. The zero-order valence-corrected chi connectivity index (χ0v) is 11.4. The molecule has 2 unspecified atom stereocenters. The van der Waals surface area contributed by atoms with Crippen molar-refractivity contribution in [2.45, 2.75) is 38.8 Å². The number of benzene rings is 1. The van der Waals surface area contributed by atoms with E-state index in [0.717, 1.165) is 32.6 Å². The van der Waals surface area contributed by atoms with E-state index in [1.54, 1.807) is 0 Å². The van der Waals surface area contributed by atoms with Gasteiger partial charge in [-0.3, -0.25) is 0 Å². The highest BCUT2D eigenvalue weighted by atomic mass is 16.5. The smallest absolute Gasteiger partial charge is 0.0621 e. The maximum atomic E-state index is 5.48. The first kappa shape index (κ1) is 13.4. The second kappa shape index (κ2) is 6.76. The second-order valence-electron chi connectivity index (χ2n) is 5.06. The summed E-state index contributed by atoms with van der Waals surface area (Å²) in [5.41, 5.74) is 2.60. The molecule has 1 aliphatic rings. The van der Waals surface area contributed by atoms with E-state index in [1.165, 1.54) is 11.3 Å². The molecule has 2 atom stereocenters. The number of hydrogen-bond acceptors (Lipinski definition) is 3. The molecular weight excluding hydrogens is 224 g/mol. The number of aryl methyl sites for hydroxylation is 1. The van der Waals surface area contributed by atoms with Crippen LogP contribution < -0.4 is 10.6 Å². The molecule has 3 nitrogen and oxygen atoms in total. The van der Waals surface area contributed by atoms with E-state index < -0.39 is 0 Å². The van der Waals surface area contributed by atoms with E-state index >= 15 is 0 Å². The molecule has 0 bridgehead atoms. The first-order valence-electron chi connectivity index (χ1n) is 6.94. The van der Waals surface area contributed by atoms with Crippen LogP contribution in [0.4, 0.5) is 5.69 Å². The van der Waals surface area contributed by atoms with Crippen LogP contribution in [0.15, 0.2) is 24.3 Å². The highest BCUT2D eigenvalue weighted by Crippen LogP contribution is 2.14. The lowest BCUT2D eigenvalue weighted by atomic mass is 10.1. The quantitative estimate of drug-likeness (QED) is 0.839. The largest absolute Gasteiger partial charge is 0.383 e. The molecule has 18 heavy (non-hydrogen) atoms. The molecule has 0 amide bonds. The summed E-state index contributed by atoms with van der Waals surface area (Å²) in [5.74, 6) is 0. The number of morpholine rings is 1. The summed E-state index contributed by atoms with van der Waals surface area (Å²) in [6.07, 6.45) is 2.18. The summed E-state index contributed by atoms with van der Waals surface area (Å²) in [5, 5.41) is 7.06. The van der Waals surface area contributed by atoms with Crippen molar-refractivity contribution < 1.29 is 4.74 Å². The van der Waals surface area contributed by atoms with Crippen molar-refractivity contribution in [1.29, 1.82) is 0 Å². The zero-order valence-electron chi connectivity index (χ0n) is 11.4. The summed E-state index contributed by atoms with van der Waals surface area (Å²) in [7, 11) is 0. The van der Waals surface area contributed by atoms with Crippen LogP contribution in [0.1, 0.15) is 25.8 Å². The molecule has 0 saturated carbocycles. The lowest BCUT2D eigenvalue weighted by molar-refractivity contribution is 0.0731. The minimum atomic E-state index is 0.455. The molecule has 0 spiro atoms. The van der Waals surface area contributed by atoms with Gasteiger partial charge in [0, 0.05) is 24.3 Å². The van der Waals surface area contributed by atoms with Gasteiger partial charge in [-0.05, 0) is 37.5 Å². The average molecular weight is 248 g/mol. The van der Waals surface area contributed by atoms with Gasteiger partial charge >= 0.3 is 0 Å². The predicted molar refractivity (Wildman–Crippen MR) is 76.1 cm³/mol. The van der Waals surface area contributed by atoms with Gasteiger partial charge in [0.15, 0.2) is 0 Å². The third kappa shape index (κ3) is 4.00. The minimum absolute atomic E-state index is 0.455. The van der Waals surface area contributed by atoms with Crippen molar-refractivity contribution >= 4 is 5.69 Å². The number of nitrogens with one attached hydrogen (secondary N) is 2. The Morgan fingerprint density at radius 1 is 1.50 bits per heavy atom. The molecule has 1 heterocycles. The van der Waals surface area contributed by atoms with Crippen molar-refractivity contribution in [2.24, 2.45) is 0 Å². The average Bonchev–Trinajstić information content (AvgIpc) is 2.40. The van der Waals surface area contributed by atoms with Crippen molar-refractivity contribution in [3.05, 3.63) is 29.8 Å². The number of ether oxygens (including phenoxy) is 1. The van der Waals surface area contributed by atoms with E-state index in [2.05, 4.69) is 48.7 Å². The van der Waals surface area contributed by atoms with Crippen LogP contribution in [-0.2, 0) is 11.2 Å². The molecule has 1 aromatic rings. The van der Waals surface area contributed by atoms with E-state index in [-0.39, 0.29) is 0 Å². The minimum Gasteiger partial charge on any atom is -0.383 e. The summed E-state index contributed by atoms with van der Waals surface area (Å²) in [4.78, 5) is 0. The van der Waals surface area contributed by atoms with Gasteiger partial charge in [0.2, 0.25) is 0 Å². The summed E-state index contributed by atoms with van der Waals surface area (Å²) >= 11 is 0. The van der Waals surface area contributed by atoms with Crippen LogP contribution in [0.3, 0.4) is 0 Å². The molecular formula is C15H24N2O.